The fraction of sp³-hybridized carbons (Fsp3) is 0.887. The lowest BCUT2D eigenvalue weighted by Crippen LogP contribution is -2.37. The Hall–Kier alpha value is -1.77. The van der Waals surface area contributed by atoms with Gasteiger partial charge in [-0.1, -0.05) is 326 Å². The van der Waals surface area contributed by atoms with E-state index in [2.05, 4.69) is 50.3 Å². The molecule has 0 spiro atoms. The third-order valence-electron chi connectivity index (χ3n) is 15.9. The van der Waals surface area contributed by atoms with Crippen molar-refractivity contribution in [3.63, 3.8) is 0 Å². The number of allylic oxidation sites excluding steroid dienone is 6. The van der Waals surface area contributed by atoms with Gasteiger partial charge in [0.25, 0.3) is 0 Å². The summed E-state index contributed by atoms with van der Waals surface area (Å²) in [6.07, 6.45) is 79.7. The summed E-state index contributed by atoms with van der Waals surface area (Å²) < 4.78 is 34.7. The first-order valence-corrected chi connectivity index (χ1v) is 36.7. The standard InChI is InChI=1S/C71H136NO8P/c1-6-8-10-12-14-16-18-20-22-24-26-28-30-32-34-35-36-38-39-41-43-45-47-49-51-53-55-57-59-61-63-70(73)77-67-69(68-79-81(75,76)78-66-65-72(3,4)5)80-71(74)64-62-60-58-56-54-52-50-48-46-44-42-40-37-33-31-29-27-25-23-21-19-17-15-13-11-9-7-2/h19,21,25,27,31,33,69H,6-18,20,22-24,26,28-30,32,34-68H2,1-5H3/p+1/b21-19-,27-25-,33-31-. The summed E-state index contributed by atoms with van der Waals surface area (Å²) in [5, 5.41) is 0. The van der Waals surface area contributed by atoms with Crippen LogP contribution in [0.2, 0.25) is 0 Å². The van der Waals surface area contributed by atoms with Crippen molar-refractivity contribution in [3.8, 4) is 0 Å². The van der Waals surface area contributed by atoms with E-state index in [1.807, 2.05) is 21.1 Å². The first kappa shape index (κ1) is 79.2. The van der Waals surface area contributed by atoms with Crippen LogP contribution in [0.4, 0.5) is 0 Å². The predicted molar refractivity (Wildman–Crippen MR) is 349 cm³/mol. The average Bonchev–Trinajstić information content (AvgIpc) is 3.43. The van der Waals surface area contributed by atoms with Gasteiger partial charge in [0.2, 0.25) is 0 Å². The number of carbonyl (C=O) groups is 2. The van der Waals surface area contributed by atoms with E-state index in [9.17, 15) is 19.0 Å². The van der Waals surface area contributed by atoms with Crippen molar-refractivity contribution in [2.45, 2.75) is 360 Å². The van der Waals surface area contributed by atoms with E-state index in [-0.39, 0.29) is 25.6 Å². The molecule has 0 heterocycles. The number of phosphoric acid groups is 1. The summed E-state index contributed by atoms with van der Waals surface area (Å²) in [5.74, 6) is -0.780. The Balaban J connectivity index is 4.01. The molecule has 0 amide bonds. The summed E-state index contributed by atoms with van der Waals surface area (Å²) in [6.45, 7) is 4.49. The van der Waals surface area contributed by atoms with Crippen molar-refractivity contribution in [2.24, 2.45) is 0 Å². The van der Waals surface area contributed by atoms with E-state index in [0.29, 0.717) is 23.9 Å². The number of likely N-dealkylation sites (N-methyl/N-ethyl adjacent to an activating group) is 1. The molecule has 0 rings (SSSR count). The Morgan fingerprint density at radius 1 is 0.383 bits per heavy atom. The molecule has 0 aromatic rings. The predicted octanol–water partition coefficient (Wildman–Crippen LogP) is 22.7. The highest BCUT2D eigenvalue weighted by Crippen LogP contribution is 2.43. The lowest BCUT2D eigenvalue weighted by atomic mass is 10.0. The van der Waals surface area contributed by atoms with E-state index in [1.165, 1.54) is 276 Å². The normalized spacial score (nSPS) is 13.3. The van der Waals surface area contributed by atoms with Gasteiger partial charge in [-0.15, -0.1) is 0 Å². The van der Waals surface area contributed by atoms with Gasteiger partial charge in [0.05, 0.1) is 27.7 Å². The van der Waals surface area contributed by atoms with Gasteiger partial charge in [0, 0.05) is 12.8 Å². The van der Waals surface area contributed by atoms with E-state index in [1.54, 1.807) is 0 Å². The highest BCUT2D eigenvalue weighted by atomic mass is 31.2. The van der Waals surface area contributed by atoms with Gasteiger partial charge < -0.3 is 18.9 Å². The molecule has 2 unspecified atom stereocenters. The molecular formula is C71H137NO8P+. The summed E-state index contributed by atoms with van der Waals surface area (Å²) in [6, 6.07) is 0. The molecule has 2 atom stereocenters. The van der Waals surface area contributed by atoms with Crippen molar-refractivity contribution in [3.05, 3.63) is 36.5 Å². The maximum absolute atomic E-state index is 12.9. The second-order valence-electron chi connectivity index (χ2n) is 25.3. The third-order valence-corrected chi connectivity index (χ3v) is 16.9. The van der Waals surface area contributed by atoms with Crippen molar-refractivity contribution in [2.75, 3.05) is 47.5 Å². The number of quaternary nitrogens is 1. The molecule has 0 aliphatic rings. The molecule has 0 aliphatic carbocycles. The highest BCUT2D eigenvalue weighted by Gasteiger charge is 2.27. The second-order valence-corrected chi connectivity index (χ2v) is 26.7. The molecule has 478 valence electrons. The smallest absolute Gasteiger partial charge is 0.462 e. The topological polar surface area (TPSA) is 108 Å². The monoisotopic (exact) mass is 1160 g/mol. The minimum Gasteiger partial charge on any atom is -0.462 e. The second kappa shape index (κ2) is 62.8. The molecule has 0 aliphatic heterocycles. The molecule has 0 bridgehead atoms. The van der Waals surface area contributed by atoms with Gasteiger partial charge in [-0.3, -0.25) is 18.6 Å². The van der Waals surface area contributed by atoms with Crippen LogP contribution in [0.15, 0.2) is 36.5 Å². The molecule has 0 radical (unpaired) electrons. The van der Waals surface area contributed by atoms with Crippen molar-refractivity contribution >= 4 is 19.8 Å². The van der Waals surface area contributed by atoms with Crippen LogP contribution < -0.4 is 0 Å². The number of ether oxygens (including phenoxy) is 2. The molecule has 9 nitrogen and oxygen atoms in total. The Bertz CT molecular complexity index is 1460. The van der Waals surface area contributed by atoms with Crippen LogP contribution in [0.5, 0.6) is 0 Å². The van der Waals surface area contributed by atoms with Gasteiger partial charge in [0.15, 0.2) is 6.10 Å². The maximum Gasteiger partial charge on any atom is 0.472 e. The van der Waals surface area contributed by atoms with Gasteiger partial charge in [-0.2, -0.15) is 0 Å². The maximum atomic E-state index is 12.9. The molecule has 0 aromatic carbocycles. The quantitative estimate of drug-likeness (QED) is 0.0211. The van der Waals surface area contributed by atoms with Crippen LogP contribution in [-0.4, -0.2) is 74.9 Å². The van der Waals surface area contributed by atoms with E-state index < -0.39 is 26.5 Å². The third kappa shape index (κ3) is 67.2. The molecular weight excluding hydrogens is 1030 g/mol. The highest BCUT2D eigenvalue weighted by molar-refractivity contribution is 7.47. The molecule has 0 aromatic heterocycles. The van der Waals surface area contributed by atoms with Crippen LogP contribution in [0.25, 0.3) is 0 Å². The molecule has 0 saturated carbocycles. The van der Waals surface area contributed by atoms with Crippen LogP contribution in [0, 0.1) is 0 Å². The van der Waals surface area contributed by atoms with Gasteiger partial charge in [-0.05, 0) is 51.4 Å². The van der Waals surface area contributed by atoms with E-state index >= 15 is 0 Å². The average molecular weight is 1160 g/mol. The Morgan fingerprint density at radius 2 is 0.667 bits per heavy atom. The van der Waals surface area contributed by atoms with Crippen molar-refractivity contribution < 1.29 is 42.1 Å². The Labute approximate surface area is 503 Å². The zero-order valence-corrected chi connectivity index (χ0v) is 55.4. The fourth-order valence-corrected chi connectivity index (χ4v) is 11.2. The van der Waals surface area contributed by atoms with Gasteiger partial charge in [0.1, 0.15) is 19.8 Å². The minimum atomic E-state index is -4.39. The van der Waals surface area contributed by atoms with Crippen LogP contribution >= 0.6 is 7.82 Å². The van der Waals surface area contributed by atoms with Crippen molar-refractivity contribution in [1.29, 1.82) is 0 Å². The molecule has 81 heavy (non-hydrogen) atoms. The summed E-state index contributed by atoms with van der Waals surface area (Å²) in [7, 11) is 1.49. The number of rotatable bonds is 66. The lowest BCUT2D eigenvalue weighted by Gasteiger charge is -2.24. The molecule has 0 fully saturated rings. The number of nitrogens with zero attached hydrogens (tertiary/aromatic N) is 1. The van der Waals surface area contributed by atoms with Crippen molar-refractivity contribution in [1.82, 2.24) is 0 Å². The zero-order chi connectivity index (χ0) is 59.1. The SMILES string of the molecule is CCCCCCC/C=C\C/C=C\C/C=C\CCCCCCCCCCCCCCC(=O)OC(COC(=O)CCCCCCCCCCCCCCCCCCCCCCCCCCCCCCCC)COP(=O)(O)OCC[N+](C)(C)C. The van der Waals surface area contributed by atoms with Crippen LogP contribution in [0.3, 0.4) is 0 Å². The van der Waals surface area contributed by atoms with Crippen LogP contribution in [-0.2, 0) is 32.7 Å². The minimum absolute atomic E-state index is 0.0334. The summed E-state index contributed by atoms with van der Waals surface area (Å²) in [5.41, 5.74) is 0. The number of carbonyl (C=O) groups excluding carboxylic acids is 2. The number of phosphoric ester groups is 1. The first-order valence-electron chi connectivity index (χ1n) is 35.2. The summed E-state index contributed by atoms with van der Waals surface area (Å²) >= 11 is 0. The number of hydrogen-bond donors (Lipinski definition) is 1. The summed E-state index contributed by atoms with van der Waals surface area (Å²) in [4.78, 5) is 35.9. The Kier molecular flexibility index (Phi) is 61.4. The van der Waals surface area contributed by atoms with Crippen LogP contribution in [0.1, 0.15) is 354 Å². The number of esters is 2. The van der Waals surface area contributed by atoms with Gasteiger partial charge in [-0.25, -0.2) is 4.57 Å². The van der Waals surface area contributed by atoms with Gasteiger partial charge >= 0.3 is 19.8 Å². The molecule has 0 saturated heterocycles. The lowest BCUT2D eigenvalue weighted by molar-refractivity contribution is -0.870. The van der Waals surface area contributed by atoms with E-state index in [0.717, 1.165) is 44.9 Å². The molecule has 1 N–H and O–H groups in total. The molecule has 10 heteroatoms. The number of hydrogen-bond acceptors (Lipinski definition) is 7. The first-order chi connectivity index (χ1) is 39.5. The zero-order valence-electron chi connectivity index (χ0n) is 54.5. The fourth-order valence-electron chi connectivity index (χ4n) is 10.5. The van der Waals surface area contributed by atoms with E-state index in [4.69, 9.17) is 18.5 Å². The number of unbranched alkanes of at least 4 members (excludes halogenated alkanes) is 46. The largest absolute Gasteiger partial charge is 0.472 e. The Morgan fingerprint density at radius 3 is 0.988 bits per heavy atom.